The predicted octanol–water partition coefficient (Wildman–Crippen LogP) is 4.98. The van der Waals surface area contributed by atoms with Crippen LogP contribution in [0.2, 0.25) is 20.2 Å². The number of amides is 1. The molecule has 1 N–H and O–H groups in total. The lowest BCUT2D eigenvalue weighted by atomic mass is 10.1. The topological polar surface area (TPSA) is 42.0 Å². The molecule has 1 aliphatic rings. The Morgan fingerprint density at radius 2 is 1.73 bits per heavy atom. The molecule has 1 aromatic heterocycles. The van der Waals surface area contributed by atoms with Gasteiger partial charge in [0.25, 0.3) is 5.91 Å². The van der Waals surface area contributed by atoms with Crippen molar-refractivity contribution in [3.8, 4) is 0 Å². The van der Waals surface area contributed by atoms with E-state index in [4.69, 9.17) is 46.4 Å². The van der Waals surface area contributed by atoms with E-state index in [1.807, 2.05) is 30.3 Å². The molecule has 1 aliphatic carbocycles. The smallest absolute Gasteiger partial charge is 0.271 e. The lowest BCUT2D eigenvalue weighted by Gasteiger charge is -2.09. The number of carbonyl (C=O) groups excluding carboxylic acids is 1. The van der Waals surface area contributed by atoms with Crippen LogP contribution >= 0.6 is 46.4 Å². The van der Waals surface area contributed by atoms with Crippen LogP contribution < -0.4 is 5.32 Å². The van der Waals surface area contributed by atoms with Crippen molar-refractivity contribution in [2.75, 3.05) is 0 Å². The van der Waals surface area contributed by atoms with Gasteiger partial charge in [-0.2, -0.15) is 0 Å². The third-order valence-corrected chi connectivity index (χ3v) is 5.21. The minimum absolute atomic E-state index is 0.00507. The Balaban J connectivity index is 1.75. The molecule has 0 radical (unpaired) electrons. The van der Waals surface area contributed by atoms with Gasteiger partial charge in [-0.25, -0.2) is 4.98 Å². The Morgan fingerprint density at radius 1 is 1.05 bits per heavy atom. The summed E-state index contributed by atoms with van der Waals surface area (Å²) in [6, 6.07) is 10.0. The highest BCUT2D eigenvalue weighted by Gasteiger charge is 2.40. The molecule has 0 aliphatic heterocycles. The summed E-state index contributed by atoms with van der Waals surface area (Å²) in [7, 11) is 0. The number of benzene rings is 1. The van der Waals surface area contributed by atoms with E-state index in [0.29, 0.717) is 5.92 Å². The molecule has 0 bridgehead atoms. The molecule has 1 fully saturated rings. The van der Waals surface area contributed by atoms with Crippen molar-refractivity contribution in [3.05, 3.63) is 61.8 Å². The van der Waals surface area contributed by atoms with Gasteiger partial charge in [0.1, 0.15) is 10.8 Å². The van der Waals surface area contributed by atoms with E-state index in [-0.39, 0.29) is 32.0 Å². The average molecular weight is 376 g/mol. The van der Waals surface area contributed by atoms with Gasteiger partial charge in [-0.15, -0.1) is 0 Å². The second kappa shape index (κ2) is 6.25. The fourth-order valence-corrected chi connectivity index (χ4v) is 3.11. The molecule has 3 nitrogen and oxygen atoms in total. The first-order valence-corrected chi connectivity index (χ1v) is 8.06. The van der Waals surface area contributed by atoms with Gasteiger partial charge in [0.15, 0.2) is 0 Å². The summed E-state index contributed by atoms with van der Waals surface area (Å²) in [5.41, 5.74) is 1.18. The highest BCUT2D eigenvalue weighted by molar-refractivity contribution is 6.52. The Hall–Kier alpha value is -1.000. The third-order valence-electron chi connectivity index (χ3n) is 3.53. The molecule has 0 unspecified atom stereocenters. The quantitative estimate of drug-likeness (QED) is 0.768. The number of carbonyl (C=O) groups is 1. The van der Waals surface area contributed by atoms with Crippen molar-refractivity contribution in [1.82, 2.24) is 10.3 Å². The molecule has 2 aromatic rings. The summed E-state index contributed by atoms with van der Waals surface area (Å²) in [6.07, 6.45) is 0.877. The molecule has 1 amide bonds. The van der Waals surface area contributed by atoms with Gasteiger partial charge in [0.05, 0.1) is 15.1 Å². The van der Waals surface area contributed by atoms with E-state index < -0.39 is 5.91 Å². The lowest BCUT2D eigenvalue weighted by molar-refractivity contribution is 0.0945. The van der Waals surface area contributed by atoms with Crippen molar-refractivity contribution < 1.29 is 4.79 Å². The fourth-order valence-electron chi connectivity index (χ4n) is 2.30. The first-order chi connectivity index (χ1) is 10.5. The summed E-state index contributed by atoms with van der Waals surface area (Å²) >= 11 is 23.6. The summed E-state index contributed by atoms with van der Waals surface area (Å²) in [6.45, 7) is 0. The minimum atomic E-state index is -0.408. The largest absolute Gasteiger partial charge is 0.347 e. The van der Waals surface area contributed by atoms with E-state index >= 15 is 0 Å². The van der Waals surface area contributed by atoms with Gasteiger partial charge in [-0.3, -0.25) is 4.79 Å². The predicted molar refractivity (Wildman–Crippen MR) is 89.3 cm³/mol. The van der Waals surface area contributed by atoms with E-state index in [9.17, 15) is 4.79 Å². The summed E-state index contributed by atoms with van der Waals surface area (Å²) < 4.78 is 0. The van der Waals surface area contributed by atoms with Crippen molar-refractivity contribution in [3.63, 3.8) is 0 Å². The Labute approximate surface area is 147 Å². The number of halogens is 4. The average Bonchev–Trinajstić information content (AvgIpc) is 3.28. The molecule has 2 atom stereocenters. The van der Waals surface area contributed by atoms with Crippen LogP contribution in [0.1, 0.15) is 28.4 Å². The third kappa shape index (κ3) is 3.04. The molecule has 22 heavy (non-hydrogen) atoms. The number of nitrogens with zero attached hydrogens (tertiary/aromatic N) is 1. The number of rotatable bonds is 3. The molecule has 3 rings (SSSR count). The normalized spacial score (nSPS) is 19.8. The summed E-state index contributed by atoms with van der Waals surface area (Å²) in [4.78, 5) is 16.2. The van der Waals surface area contributed by atoms with Crippen LogP contribution in [0.25, 0.3) is 0 Å². The number of nitrogens with one attached hydrogen (secondary N) is 1. The maximum Gasteiger partial charge on any atom is 0.271 e. The first kappa shape index (κ1) is 15.9. The second-order valence-corrected chi connectivity index (χ2v) is 6.52. The molecule has 1 heterocycles. The standard InChI is InChI=1S/C15H10Cl4N2O/c16-10-11(17)13(21-14(19)12(10)18)15(22)20-9-6-8(9)7-4-2-1-3-5-7/h1-5,8-9H,6H2,(H,20,22)/t8-,9+/m1/s1. The number of hydrogen-bond donors (Lipinski definition) is 1. The SMILES string of the molecule is O=C(N[C@H]1C[C@@H]1c1ccccc1)c1nc(Cl)c(Cl)c(Cl)c1Cl. The molecule has 114 valence electrons. The van der Waals surface area contributed by atoms with Crippen LogP contribution in [0, 0.1) is 0 Å². The molecule has 0 spiro atoms. The van der Waals surface area contributed by atoms with Crippen molar-refractivity contribution in [2.24, 2.45) is 0 Å². The highest BCUT2D eigenvalue weighted by atomic mass is 35.5. The Kier molecular flexibility index (Phi) is 4.51. The number of hydrogen-bond acceptors (Lipinski definition) is 2. The van der Waals surface area contributed by atoms with Crippen LogP contribution in [0.3, 0.4) is 0 Å². The molecular formula is C15H10Cl4N2O. The summed E-state index contributed by atoms with van der Waals surface area (Å²) in [5.74, 6) is -0.101. The maximum atomic E-state index is 12.3. The molecule has 7 heteroatoms. The van der Waals surface area contributed by atoms with Crippen LogP contribution in [-0.4, -0.2) is 16.9 Å². The number of pyridine rings is 1. The summed E-state index contributed by atoms with van der Waals surface area (Å²) in [5, 5.41) is 2.92. The van der Waals surface area contributed by atoms with Crippen LogP contribution in [-0.2, 0) is 0 Å². The van der Waals surface area contributed by atoms with Crippen molar-refractivity contribution >= 4 is 52.3 Å². The van der Waals surface area contributed by atoms with Gasteiger partial charge in [0.2, 0.25) is 0 Å². The molecule has 1 saturated carbocycles. The zero-order valence-corrected chi connectivity index (χ0v) is 14.1. The highest BCUT2D eigenvalue weighted by Crippen LogP contribution is 2.41. The molecular weight excluding hydrogens is 366 g/mol. The van der Waals surface area contributed by atoms with Gasteiger partial charge in [0, 0.05) is 12.0 Å². The van der Waals surface area contributed by atoms with Gasteiger partial charge >= 0.3 is 0 Å². The van der Waals surface area contributed by atoms with Crippen LogP contribution in [0.4, 0.5) is 0 Å². The van der Waals surface area contributed by atoms with Crippen molar-refractivity contribution in [1.29, 1.82) is 0 Å². The van der Waals surface area contributed by atoms with Crippen molar-refractivity contribution in [2.45, 2.75) is 18.4 Å². The Morgan fingerprint density at radius 3 is 2.41 bits per heavy atom. The Bertz CT molecular complexity index is 736. The monoisotopic (exact) mass is 374 g/mol. The minimum Gasteiger partial charge on any atom is -0.347 e. The van der Waals surface area contributed by atoms with Gasteiger partial charge < -0.3 is 5.32 Å². The fraction of sp³-hybridized carbons (Fsp3) is 0.200. The van der Waals surface area contributed by atoms with E-state index in [1.165, 1.54) is 5.56 Å². The van der Waals surface area contributed by atoms with E-state index in [0.717, 1.165) is 6.42 Å². The number of aromatic nitrogens is 1. The van der Waals surface area contributed by atoms with Gasteiger partial charge in [-0.05, 0) is 12.0 Å². The zero-order valence-electron chi connectivity index (χ0n) is 11.1. The first-order valence-electron chi connectivity index (χ1n) is 6.55. The lowest BCUT2D eigenvalue weighted by Crippen LogP contribution is -2.28. The maximum absolute atomic E-state index is 12.3. The van der Waals surface area contributed by atoms with E-state index in [1.54, 1.807) is 0 Å². The van der Waals surface area contributed by atoms with Crippen LogP contribution in [0.5, 0.6) is 0 Å². The second-order valence-electron chi connectivity index (χ2n) is 5.03. The van der Waals surface area contributed by atoms with Crippen LogP contribution in [0.15, 0.2) is 30.3 Å². The molecule has 0 saturated heterocycles. The molecule has 1 aromatic carbocycles. The zero-order chi connectivity index (χ0) is 15.9. The van der Waals surface area contributed by atoms with E-state index in [2.05, 4.69) is 10.3 Å². The van der Waals surface area contributed by atoms with Gasteiger partial charge in [-0.1, -0.05) is 76.7 Å².